The van der Waals surface area contributed by atoms with Crippen LogP contribution in [0.2, 0.25) is 0 Å². The van der Waals surface area contributed by atoms with Gasteiger partial charge in [-0.25, -0.2) is 0 Å². The van der Waals surface area contributed by atoms with E-state index in [-0.39, 0.29) is 30.6 Å². The summed E-state index contributed by atoms with van der Waals surface area (Å²) in [5.41, 5.74) is -0.381. The summed E-state index contributed by atoms with van der Waals surface area (Å²) in [6, 6.07) is 0. The molecule has 16 heavy (non-hydrogen) atoms. The number of quaternary nitrogens is 1. The molecule has 0 radical (unpaired) electrons. The van der Waals surface area contributed by atoms with Crippen LogP contribution in [-0.2, 0) is 4.79 Å². The third-order valence-corrected chi connectivity index (χ3v) is 3.26. The van der Waals surface area contributed by atoms with Gasteiger partial charge in [0.1, 0.15) is 6.54 Å². The molecule has 0 aliphatic heterocycles. The molecule has 0 spiro atoms. The lowest BCUT2D eigenvalue weighted by atomic mass is 10.1. The maximum absolute atomic E-state index is 11.3. The summed E-state index contributed by atoms with van der Waals surface area (Å²) in [5, 5.41) is 11.9. The maximum atomic E-state index is 11.3. The highest BCUT2D eigenvalue weighted by molar-refractivity contribution is 5.87. The van der Waals surface area contributed by atoms with Crippen molar-refractivity contribution in [3.63, 3.8) is 0 Å². The molecule has 0 heterocycles. The molecule has 1 atom stereocenters. The third kappa shape index (κ3) is 4.12. The van der Waals surface area contributed by atoms with Gasteiger partial charge in [0.05, 0.1) is 20.7 Å². The number of rotatable bonds is 6. The topological polar surface area (TPSA) is 49.3 Å². The molecule has 0 rings (SSSR count). The highest BCUT2D eigenvalue weighted by Gasteiger charge is 2.39. The van der Waals surface area contributed by atoms with E-state index in [1.807, 2.05) is 27.9 Å². The molecular weight excluding hydrogens is 228 g/mol. The zero-order chi connectivity index (χ0) is 12.1. The first-order chi connectivity index (χ1) is 6.83. The molecule has 4 nitrogen and oxygen atoms in total. The van der Waals surface area contributed by atoms with E-state index < -0.39 is 0 Å². The lowest BCUT2D eigenvalue weighted by molar-refractivity contribution is -0.943. The van der Waals surface area contributed by atoms with Gasteiger partial charge in [-0.3, -0.25) is 4.79 Å². The van der Waals surface area contributed by atoms with Crippen LogP contribution in [0, 0.1) is 0 Å². The molecule has 0 saturated carbocycles. The Kier molecular flexibility index (Phi) is 7.66. The van der Waals surface area contributed by atoms with E-state index in [9.17, 15) is 4.79 Å². The molecule has 2 N–H and O–H groups in total. The fourth-order valence-electron chi connectivity index (χ4n) is 1.48. The molecule has 0 aliphatic rings. The average molecular weight is 251 g/mol. The van der Waals surface area contributed by atoms with E-state index in [2.05, 4.69) is 11.9 Å². The Morgan fingerprint density at radius 1 is 1.56 bits per heavy atom. The summed E-state index contributed by atoms with van der Waals surface area (Å²) in [6.07, 6.45) is 2.06. The van der Waals surface area contributed by atoms with Crippen molar-refractivity contribution in [1.29, 1.82) is 0 Å². The van der Waals surface area contributed by atoms with E-state index in [0.717, 1.165) is 6.42 Å². The van der Waals surface area contributed by atoms with Crippen LogP contribution in [0.1, 0.15) is 20.3 Å². The first-order valence-electron chi connectivity index (χ1n) is 5.21. The Labute approximate surface area is 104 Å². The predicted molar refractivity (Wildman–Crippen MR) is 61.1 cm³/mol. The minimum absolute atomic E-state index is 0. The highest BCUT2D eigenvalue weighted by atomic mass is 35.5. The molecule has 5 heteroatoms. The minimum atomic E-state index is -0.381. The van der Waals surface area contributed by atoms with E-state index in [1.54, 1.807) is 0 Å². The number of hydrogen-bond donors (Lipinski definition) is 2. The number of halogens is 1. The van der Waals surface area contributed by atoms with Gasteiger partial charge in [-0.2, -0.15) is 0 Å². The van der Waals surface area contributed by atoms with Crippen molar-refractivity contribution < 1.29 is 26.8 Å². The van der Waals surface area contributed by atoms with E-state index in [1.165, 1.54) is 6.08 Å². The quantitative estimate of drug-likeness (QED) is 0.311. The minimum Gasteiger partial charge on any atom is -1.00 e. The smallest absolute Gasteiger partial charge is 0.248 e. The molecule has 0 aromatic carbocycles. The van der Waals surface area contributed by atoms with E-state index in [4.69, 9.17) is 5.11 Å². The van der Waals surface area contributed by atoms with E-state index >= 15 is 0 Å². The molecule has 0 aromatic heterocycles. The van der Waals surface area contributed by atoms with Crippen LogP contribution < -0.4 is 17.7 Å². The maximum Gasteiger partial charge on any atom is 0.248 e. The van der Waals surface area contributed by atoms with Crippen LogP contribution in [0.4, 0.5) is 0 Å². The first-order valence-corrected chi connectivity index (χ1v) is 5.21. The summed E-state index contributed by atoms with van der Waals surface area (Å²) in [7, 11) is 3.98. The van der Waals surface area contributed by atoms with Gasteiger partial charge in [0.2, 0.25) is 5.91 Å². The average Bonchev–Trinajstić information content (AvgIpc) is 2.17. The van der Waals surface area contributed by atoms with Crippen molar-refractivity contribution in [2.75, 3.05) is 27.2 Å². The Hall–Kier alpha value is -0.580. The van der Waals surface area contributed by atoms with Crippen LogP contribution in [0.25, 0.3) is 0 Å². The van der Waals surface area contributed by atoms with Crippen molar-refractivity contribution in [3.8, 4) is 0 Å². The van der Waals surface area contributed by atoms with Gasteiger partial charge in [-0.15, -0.1) is 0 Å². The molecule has 1 unspecified atom stereocenters. The molecule has 0 aromatic rings. The van der Waals surface area contributed by atoms with Crippen molar-refractivity contribution in [2.24, 2.45) is 0 Å². The van der Waals surface area contributed by atoms with Crippen LogP contribution in [0.5, 0.6) is 0 Å². The summed E-state index contributed by atoms with van der Waals surface area (Å²) >= 11 is 0. The van der Waals surface area contributed by atoms with Crippen molar-refractivity contribution in [2.45, 2.75) is 25.9 Å². The van der Waals surface area contributed by atoms with E-state index in [0.29, 0.717) is 11.0 Å². The van der Waals surface area contributed by atoms with Gasteiger partial charge in [-0.05, 0) is 6.08 Å². The molecule has 0 saturated heterocycles. The number of carbonyl (C=O) groups is 1. The normalized spacial score (nSPS) is 14.6. The van der Waals surface area contributed by atoms with Gasteiger partial charge >= 0.3 is 0 Å². The van der Waals surface area contributed by atoms with Gasteiger partial charge in [-0.1, -0.05) is 13.5 Å². The van der Waals surface area contributed by atoms with Crippen LogP contribution in [0.15, 0.2) is 12.7 Å². The number of hydrogen-bond acceptors (Lipinski definition) is 2. The SMILES string of the molecule is C=CC(=O)NC(C)(CC)[N+](C)(C)CCO.[Cl-]. The largest absolute Gasteiger partial charge is 1.00 e. The van der Waals surface area contributed by atoms with Crippen molar-refractivity contribution in [1.82, 2.24) is 5.32 Å². The number of carbonyl (C=O) groups excluding carboxylic acids is 1. The fraction of sp³-hybridized carbons (Fsp3) is 0.727. The number of likely N-dealkylation sites (N-methyl/N-ethyl adjacent to an activating group) is 1. The predicted octanol–water partition coefficient (Wildman–Crippen LogP) is -2.51. The van der Waals surface area contributed by atoms with Gasteiger partial charge in [0.25, 0.3) is 0 Å². The Balaban J connectivity index is 0. The molecular formula is C11H23ClN2O2. The van der Waals surface area contributed by atoms with Crippen molar-refractivity contribution in [3.05, 3.63) is 12.7 Å². The Morgan fingerprint density at radius 2 is 2.06 bits per heavy atom. The Bertz CT molecular complexity index is 244. The van der Waals surface area contributed by atoms with Gasteiger partial charge < -0.3 is 27.3 Å². The van der Waals surface area contributed by atoms with Crippen LogP contribution in [-0.4, -0.2) is 48.4 Å². The second-order valence-electron chi connectivity index (χ2n) is 4.45. The molecule has 0 aliphatic carbocycles. The standard InChI is InChI=1S/C11H22N2O2.ClH/c1-6-10(15)12-11(3,7-2)13(4,5)8-9-14;/h6,14H,1,7-9H2,2-5H3;1H. The molecule has 0 fully saturated rings. The van der Waals surface area contributed by atoms with Crippen molar-refractivity contribution >= 4 is 5.91 Å². The zero-order valence-corrected chi connectivity index (χ0v) is 11.3. The number of aliphatic hydroxyl groups is 1. The molecule has 96 valence electrons. The third-order valence-electron chi connectivity index (χ3n) is 3.26. The zero-order valence-electron chi connectivity index (χ0n) is 10.6. The molecule has 0 bridgehead atoms. The Morgan fingerprint density at radius 3 is 2.38 bits per heavy atom. The summed E-state index contributed by atoms with van der Waals surface area (Å²) in [4.78, 5) is 11.3. The number of aliphatic hydroxyl groups excluding tert-OH is 1. The van der Waals surface area contributed by atoms with Crippen LogP contribution >= 0.6 is 0 Å². The summed E-state index contributed by atoms with van der Waals surface area (Å²) in [6.45, 7) is 8.13. The number of nitrogens with one attached hydrogen (secondary N) is 1. The fourth-order valence-corrected chi connectivity index (χ4v) is 1.48. The lowest BCUT2D eigenvalue weighted by Gasteiger charge is -2.46. The highest BCUT2D eigenvalue weighted by Crippen LogP contribution is 2.20. The van der Waals surface area contributed by atoms with Crippen LogP contribution in [0.3, 0.4) is 0 Å². The van der Waals surface area contributed by atoms with Gasteiger partial charge in [0, 0.05) is 13.3 Å². The molecule has 1 amide bonds. The first kappa shape index (κ1) is 17.8. The number of amides is 1. The van der Waals surface area contributed by atoms with Gasteiger partial charge in [0.15, 0.2) is 5.66 Å². The second kappa shape index (κ2) is 6.89. The summed E-state index contributed by atoms with van der Waals surface area (Å²) in [5.74, 6) is -0.177. The number of nitrogens with zero attached hydrogens (tertiary/aromatic N) is 1. The lowest BCUT2D eigenvalue weighted by Crippen LogP contribution is -3.00. The second-order valence-corrected chi connectivity index (χ2v) is 4.45. The summed E-state index contributed by atoms with van der Waals surface area (Å²) < 4.78 is 0.541. The monoisotopic (exact) mass is 250 g/mol.